The first kappa shape index (κ1) is 12.6. The van der Waals surface area contributed by atoms with E-state index < -0.39 is 0 Å². The molecule has 0 radical (unpaired) electrons. The van der Waals surface area contributed by atoms with Crippen molar-refractivity contribution in [3.8, 4) is 0 Å². The van der Waals surface area contributed by atoms with Gasteiger partial charge in [-0.25, -0.2) is 4.98 Å². The molecule has 0 aliphatic heterocycles. The number of aryl methyl sites for hydroxylation is 1. The van der Waals surface area contributed by atoms with Crippen LogP contribution in [0.4, 0.5) is 5.82 Å². The Morgan fingerprint density at radius 2 is 1.83 bits per heavy atom. The summed E-state index contributed by atoms with van der Waals surface area (Å²) in [6.45, 7) is 3.93. The average Bonchev–Trinajstić information content (AvgIpc) is 2.28. The zero-order chi connectivity index (χ0) is 13.0. The summed E-state index contributed by atoms with van der Waals surface area (Å²) in [5.41, 5.74) is 9.50. The van der Waals surface area contributed by atoms with Crippen molar-refractivity contribution in [2.45, 2.75) is 20.0 Å². The predicted molar refractivity (Wildman–Crippen MR) is 75.0 cm³/mol. The molecule has 0 aliphatic carbocycles. The lowest BCUT2D eigenvalue weighted by Gasteiger charge is -2.17. The van der Waals surface area contributed by atoms with Crippen LogP contribution in [-0.2, 0) is 13.1 Å². The van der Waals surface area contributed by atoms with Gasteiger partial charge in [-0.1, -0.05) is 29.8 Å². The molecule has 2 aromatic rings. The fourth-order valence-corrected chi connectivity index (χ4v) is 2.08. The van der Waals surface area contributed by atoms with Crippen molar-refractivity contribution in [3.05, 3.63) is 59.3 Å². The van der Waals surface area contributed by atoms with E-state index in [4.69, 9.17) is 5.73 Å². The topological polar surface area (TPSA) is 42.2 Å². The van der Waals surface area contributed by atoms with E-state index in [0.29, 0.717) is 5.82 Å². The fraction of sp³-hybridized carbons (Fsp3) is 0.267. The molecule has 0 unspecified atom stereocenters. The summed E-state index contributed by atoms with van der Waals surface area (Å²) in [5.74, 6) is 0.580. The Hall–Kier alpha value is -1.87. The van der Waals surface area contributed by atoms with Gasteiger partial charge < -0.3 is 5.73 Å². The second-order valence-electron chi connectivity index (χ2n) is 4.75. The van der Waals surface area contributed by atoms with Gasteiger partial charge in [0.1, 0.15) is 5.82 Å². The van der Waals surface area contributed by atoms with Crippen molar-refractivity contribution in [2.24, 2.45) is 0 Å². The molecular formula is C15H19N3. The predicted octanol–water partition coefficient (Wildman–Crippen LogP) is 2.60. The molecule has 3 nitrogen and oxygen atoms in total. The number of hydrogen-bond acceptors (Lipinski definition) is 3. The molecule has 94 valence electrons. The minimum Gasteiger partial charge on any atom is -0.384 e. The van der Waals surface area contributed by atoms with Gasteiger partial charge in [0.15, 0.2) is 0 Å². The molecule has 1 aromatic carbocycles. The number of hydrogen-bond donors (Lipinski definition) is 1. The quantitative estimate of drug-likeness (QED) is 0.894. The maximum atomic E-state index is 5.68. The van der Waals surface area contributed by atoms with E-state index in [0.717, 1.165) is 13.1 Å². The molecule has 0 atom stereocenters. The molecule has 0 saturated carbocycles. The Labute approximate surface area is 108 Å². The number of aromatic nitrogens is 1. The van der Waals surface area contributed by atoms with Gasteiger partial charge in [0.05, 0.1) is 0 Å². The molecule has 3 heteroatoms. The van der Waals surface area contributed by atoms with Crippen molar-refractivity contribution in [2.75, 3.05) is 12.8 Å². The molecule has 0 fully saturated rings. The highest BCUT2D eigenvalue weighted by molar-refractivity contribution is 5.31. The van der Waals surface area contributed by atoms with Gasteiger partial charge in [0.25, 0.3) is 0 Å². The Kier molecular flexibility index (Phi) is 3.95. The Bertz CT molecular complexity index is 475. The lowest BCUT2D eigenvalue weighted by atomic mass is 10.1. The molecule has 0 saturated heterocycles. The van der Waals surface area contributed by atoms with Crippen LogP contribution >= 0.6 is 0 Å². The van der Waals surface area contributed by atoms with Crippen LogP contribution in [0.3, 0.4) is 0 Å². The van der Waals surface area contributed by atoms with Gasteiger partial charge in [0, 0.05) is 19.3 Å². The zero-order valence-corrected chi connectivity index (χ0v) is 10.9. The molecule has 2 rings (SSSR count). The van der Waals surface area contributed by atoms with Crippen LogP contribution in [0.5, 0.6) is 0 Å². The van der Waals surface area contributed by atoms with Gasteiger partial charge in [-0.2, -0.15) is 0 Å². The third kappa shape index (κ3) is 3.57. The lowest BCUT2D eigenvalue weighted by molar-refractivity contribution is 0.319. The number of nitrogens with two attached hydrogens (primary N) is 1. The second-order valence-corrected chi connectivity index (χ2v) is 4.75. The summed E-state index contributed by atoms with van der Waals surface area (Å²) < 4.78 is 0. The standard InChI is InChI=1S/C15H19N3/c1-12-4-3-5-13(8-12)10-18(2)11-14-6-7-17-15(16)9-14/h3-9H,10-11H2,1-2H3,(H2,16,17). The van der Waals surface area contributed by atoms with Crippen LogP contribution < -0.4 is 5.73 Å². The second kappa shape index (κ2) is 5.65. The van der Waals surface area contributed by atoms with E-state index in [2.05, 4.69) is 48.1 Å². The first-order valence-corrected chi connectivity index (χ1v) is 6.08. The summed E-state index contributed by atoms with van der Waals surface area (Å²) in [4.78, 5) is 6.27. The SMILES string of the molecule is Cc1cccc(CN(C)Cc2ccnc(N)c2)c1. The van der Waals surface area contributed by atoms with Crippen molar-refractivity contribution in [1.29, 1.82) is 0 Å². The summed E-state index contributed by atoms with van der Waals surface area (Å²) in [6, 6.07) is 12.5. The highest BCUT2D eigenvalue weighted by atomic mass is 15.1. The summed E-state index contributed by atoms with van der Waals surface area (Å²) >= 11 is 0. The van der Waals surface area contributed by atoms with E-state index >= 15 is 0 Å². The fourth-order valence-electron chi connectivity index (χ4n) is 2.08. The molecule has 2 N–H and O–H groups in total. The maximum absolute atomic E-state index is 5.68. The largest absolute Gasteiger partial charge is 0.384 e. The number of rotatable bonds is 4. The van der Waals surface area contributed by atoms with Crippen LogP contribution in [0.2, 0.25) is 0 Å². The Morgan fingerprint density at radius 3 is 2.50 bits per heavy atom. The Balaban J connectivity index is 1.98. The maximum Gasteiger partial charge on any atom is 0.123 e. The van der Waals surface area contributed by atoms with E-state index in [-0.39, 0.29) is 0 Å². The van der Waals surface area contributed by atoms with Gasteiger partial charge in [0.2, 0.25) is 0 Å². The smallest absolute Gasteiger partial charge is 0.123 e. The van der Waals surface area contributed by atoms with Gasteiger partial charge in [-0.3, -0.25) is 4.90 Å². The van der Waals surface area contributed by atoms with Crippen LogP contribution in [-0.4, -0.2) is 16.9 Å². The van der Waals surface area contributed by atoms with Crippen molar-refractivity contribution < 1.29 is 0 Å². The molecule has 0 aliphatic rings. The molecule has 18 heavy (non-hydrogen) atoms. The number of benzene rings is 1. The van der Waals surface area contributed by atoms with Crippen molar-refractivity contribution in [1.82, 2.24) is 9.88 Å². The Morgan fingerprint density at radius 1 is 1.11 bits per heavy atom. The van der Waals surface area contributed by atoms with E-state index in [1.165, 1.54) is 16.7 Å². The molecule has 0 amide bonds. The molecular weight excluding hydrogens is 222 g/mol. The van der Waals surface area contributed by atoms with Crippen LogP contribution in [0.25, 0.3) is 0 Å². The van der Waals surface area contributed by atoms with Crippen molar-refractivity contribution in [3.63, 3.8) is 0 Å². The minimum absolute atomic E-state index is 0.580. The van der Waals surface area contributed by atoms with Gasteiger partial charge in [-0.15, -0.1) is 0 Å². The third-order valence-electron chi connectivity index (χ3n) is 2.83. The van der Waals surface area contributed by atoms with E-state index in [1.54, 1.807) is 6.20 Å². The third-order valence-corrected chi connectivity index (χ3v) is 2.83. The average molecular weight is 241 g/mol. The first-order chi connectivity index (χ1) is 8.63. The molecule has 1 aromatic heterocycles. The van der Waals surface area contributed by atoms with Gasteiger partial charge >= 0.3 is 0 Å². The first-order valence-electron chi connectivity index (χ1n) is 6.08. The summed E-state index contributed by atoms with van der Waals surface area (Å²) in [7, 11) is 2.11. The van der Waals surface area contributed by atoms with Gasteiger partial charge in [-0.05, 0) is 37.2 Å². The van der Waals surface area contributed by atoms with Crippen LogP contribution in [0.1, 0.15) is 16.7 Å². The number of nitrogens with zero attached hydrogens (tertiary/aromatic N) is 2. The number of pyridine rings is 1. The summed E-state index contributed by atoms with van der Waals surface area (Å²) in [6.07, 6.45) is 1.76. The monoisotopic (exact) mass is 241 g/mol. The molecule has 0 spiro atoms. The number of anilines is 1. The van der Waals surface area contributed by atoms with E-state index in [9.17, 15) is 0 Å². The van der Waals surface area contributed by atoms with E-state index in [1.807, 2.05) is 12.1 Å². The molecule has 1 heterocycles. The van der Waals surface area contributed by atoms with Crippen LogP contribution in [0, 0.1) is 6.92 Å². The lowest BCUT2D eigenvalue weighted by Crippen LogP contribution is -2.17. The van der Waals surface area contributed by atoms with Crippen LogP contribution in [0.15, 0.2) is 42.6 Å². The normalized spacial score (nSPS) is 10.8. The molecule has 0 bridgehead atoms. The highest BCUT2D eigenvalue weighted by Gasteiger charge is 2.02. The zero-order valence-electron chi connectivity index (χ0n) is 10.9. The van der Waals surface area contributed by atoms with Crippen molar-refractivity contribution >= 4 is 5.82 Å². The minimum atomic E-state index is 0.580. The number of nitrogen functional groups attached to an aromatic ring is 1. The summed E-state index contributed by atoms with van der Waals surface area (Å²) in [5, 5.41) is 0. The highest BCUT2D eigenvalue weighted by Crippen LogP contribution is 2.10.